The number of thiocarbonyl (C=S) groups is 1. The maximum atomic E-state index is 12.6. The van der Waals surface area contributed by atoms with Crippen LogP contribution in [0.25, 0.3) is 0 Å². The SMILES string of the molecule is Fc1ccc(NC(=S)Nn2cnnc2)cc1. The number of nitrogens with zero attached hydrogens (tertiary/aromatic N) is 3. The Morgan fingerprint density at radius 2 is 1.81 bits per heavy atom. The van der Waals surface area contributed by atoms with Crippen molar-refractivity contribution in [3.8, 4) is 0 Å². The lowest BCUT2D eigenvalue weighted by atomic mass is 10.3. The Bertz CT molecular complexity index is 467. The van der Waals surface area contributed by atoms with E-state index in [2.05, 4.69) is 20.9 Å². The predicted octanol–water partition coefficient (Wildman–Crippen LogP) is 1.36. The Labute approximate surface area is 96.3 Å². The highest BCUT2D eigenvalue weighted by Crippen LogP contribution is 2.07. The normalized spacial score (nSPS) is 9.81. The first-order valence-corrected chi connectivity index (χ1v) is 4.83. The monoisotopic (exact) mass is 237 g/mol. The van der Waals surface area contributed by atoms with E-state index in [1.54, 1.807) is 12.1 Å². The van der Waals surface area contributed by atoms with E-state index in [1.165, 1.54) is 29.5 Å². The van der Waals surface area contributed by atoms with E-state index in [-0.39, 0.29) is 5.82 Å². The van der Waals surface area contributed by atoms with Crippen LogP contribution in [-0.4, -0.2) is 20.0 Å². The van der Waals surface area contributed by atoms with Crippen molar-refractivity contribution < 1.29 is 4.39 Å². The lowest BCUT2D eigenvalue weighted by Crippen LogP contribution is -2.26. The Hall–Kier alpha value is -2.02. The summed E-state index contributed by atoms with van der Waals surface area (Å²) in [6.07, 6.45) is 2.94. The fourth-order valence-corrected chi connectivity index (χ4v) is 1.29. The van der Waals surface area contributed by atoms with Crippen molar-refractivity contribution in [2.45, 2.75) is 0 Å². The third-order valence-electron chi connectivity index (χ3n) is 1.75. The first kappa shape index (κ1) is 10.5. The van der Waals surface area contributed by atoms with E-state index in [1.807, 2.05) is 0 Å². The summed E-state index contributed by atoms with van der Waals surface area (Å²) in [5, 5.41) is 10.5. The zero-order valence-corrected chi connectivity index (χ0v) is 8.91. The van der Waals surface area contributed by atoms with Gasteiger partial charge in [0.2, 0.25) is 0 Å². The van der Waals surface area contributed by atoms with Gasteiger partial charge in [0.1, 0.15) is 18.5 Å². The third-order valence-corrected chi connectivity index (χ3v) is 1.94. The van der Waals surface area contributed by atoms with Crippen molar-refractivity contribution in [1.29, 1.82) is 0 Å². The van der Waals surface area contributed by atoms with Gasteiger partial charge in [0.25, 0.3) is 0 Å². The minimum Gasteiger partial charge on any atom is -0.331 e. The molecule has 0 fully saturated rings. The summed E-state index contributed by atoms with van der Waals surface area (Å²) in [4.78, 5) is 0. The molecule has 1 aromatic carbocycles. The molecule has 0 radical (unpaired) electrons. The number of hydrogen-bond acceptors (Lipinski definition) is 3. The molecule has 0 saturated carbocycles. The van der Waals surface area contributed by atoms with E-state index in [0.717, 1.165) is 0 Å². The highest BCUT2D eigenvalue weighted by Gasteiger charge is 1.98. The van der Waals surface area contributed by atoms with Crippen LogP contribution < -0.4 is 10.7 Å². The molecular weight excluding hydrogens is 229 g/mol. The number of aromatic nitrogens is 3. The van der Waals surface area contributed by atoms with E-state index >= 15 is 0 Å². The summed E-state index contributed by atoms with van der Waals surface area (Å²) < 4.78 is 14.1. The van der Waals surface area contributed by atoms with Crippen LogP contribution in [0.2, 0.25) is 0 Å². The summed E-state index contributed by atoms with van der Waals surface area (Å²) in [5.41, 5.74) is 3.50. The summed E-state index contributed by atoms with van der Waals surface area (Å²) in [6.45, 7) is 0. The van der Waals surface area contributed by atoms with E-state index in [4.69, 9.17) is 12.2 Å². The van der Waals surface area contributed by atoms with Crippen molar-refractivity contribution in [2.24, 2.45) is 0 Å². The second-order valence-corrected chi connectivity index (χ2v) is 3.35. The van der Waals surface area contributed by atoms with Gasteiger partial charge in [-0.2, -0.15) is 0 Å². The summed E-state index contributed by atoms with van der Waals surface area (Å²) in [7, 11) is 0. The van der Waals surface area contributed by atoms with Crippen molar-refractivity contribution in [1.82, 2.24) is 14.9 Å². The van der Waals surface area contributed by atoms with Crippen LogP contribution in [0.15, 0.2) is 36.9 Å². The lowest BCUT2D eigenvalue weighted by molar-refractivity contribution is 0.628. The van der Waals surface area contributed by atoms with E-state index in [0.29, 0.717) is 10.8 Å². The van der Waals surface area contributed by atoms with Crippen LogP contribution in [0, 0.1) is 5.82 Å². The van der Waals surface area contributed by atoms with Crippen molar-refractivity contribution >= 4 is 23.0 Å². The Kier molecular flexibility index (Phi) is 3.06. The minimum atomic E-state index is -0.289. The number of hydrogen-bond donors (Lipinski definition) is 2. The largest absolute Gasteiger partial charge is 0.331 e. The molecule has 2 N–H and O–H groups in total. The molecule has 2 rings (SSSR count). The van der Waals surface area contributed by atoms with Gasteiger partial charge in [0, 0.05) is 5.69 Å². The van der Waals surface area contributed by atoms with Crippen molar-refractivity contribution in [2.75, 3.05) is 10.7 Å². The van der Waals surface area contributed by atoms with Gasteiger partial charge in [-0.15, -0.1) is 10.2 Å². The summed E-state index contributed by atoms with van der Waals surface area (Å²) >= 11 is 5.02. The molecular formula is C9H8FN5S. The number of anilines is 1. The molecule has 0 spiro atoms. The number of halogens is 1. The third kappa shape index (κ3) is 2.74. The van der Waals surface area contributed by atoms with E-state index in [9.17, 15) is 4.39 Å². The molecule has 16 heavy (non-hydrogen) atoms. The van der Waals surface area contributed by atoms with Crippen LogP contribution in [-0.2, 0) is 0 Å². The molecule has 82 valence electrons. The fraction of sp³-hybridized carbons (Fsp3) is 0. The van der Waals surface area contributed by atoms with Gasteiger partial charge < -0.3 is 5.32 Å². The molecule has 0 aliphatic rings. The highest BCUT2D eigenvalue weighted by atomic mass is 32.1. The van der Waals surface area contributed by atoms with E-state index < -0.39 is 0 Å². The van der Waals surface area contributed by atoms with Crippen molar-refractivity contribution in [3.63, 3.8) is 0 Å². The number of benzene rings is 1. The molecule has 0 atom stereocenters. The second kappa shape index (κ2) is 4.67. The highest BCUT2D eigenvalue weighted by molar-refractivity contribution is 7.80. The Morgan fingerprint density at radius 1 is 1.19 bits per heavy atom. The van der Waals surface area contributed by atoms with Gasteiger partial charge in [-0.05, 0) is 36.5 Å². The van der Waals surface area contributed by atoms with Gasteiger partial charge in [0.15, 0.2) is 5.11 Å². The number of nitrogens with one attached hydrogen (secondary N) is 2. The van der Waals surface area contributed by atoms with Crippen LogP contribution in [0.1, 0.15) is 0 Å². The molecule has 5 nitrogen and oxygen atoms in total. The summed E-state index contributed by atoms with van der Waals surface area (Å²) in [5.74, 6) is -0.289. The van der Waals surface area contributed by atoms with Crippen molar-refractivity contribution in [3.05, 3.63) is 42.7 Å². The first-order valence-electron chi connectivity index (χ1n) is 4.42. The number of rotatable bonds is 2. The van der Waals surface area contributed by atoms with Gasteiger partial charge in [0.05, 0.1) is 0 Å². The van der Waals surface area contributed by atoms with Crippen LogP contribution in [0.5, 0.6) is 0 Å². The van der Waals surface area contributed by atoms with Crippen LogP contribution in [0.3, 0.4) is 0 Å². The maximum absolute atomic E-state index is 12.6. The van der Waals surface area contributed by atoms with Gasteiger partial charge in [-0.1, -0.05) is 0 Å². The minimum absolute atomic E-state index is 0.289. The molecule has 1 heterocycles. The topological polar surface area (TPSA) is 54.8 Å². The molecule has 7 heteroatoms. The lowest BCUT2D eigenvalue weighted by Gasteiger charge is -2.09. The summed E-state index contributed by atoms with van der Waals surface area (Å²) in [6, 6.07) is 5.89. The molecule has 0 aliphatic heterocycles. The second-order valence-electron chi connectivity index (χ2n) is 2.94. The molecule has 0 saturated heterocycles. The zero-order chi connectivity index (χ0) is 11.4. The molecule has 1 aromatic heterocycles. The van der Waals surface area contributed by atoms with Crippen LogP contribution >= 0.6 is 12.2 Å². The first-order chi connectivity index (χ1) is 7.74. The van der Waals surface area contributed by atoms with Gasteiger partial charge >= 0.3 is 0 Å². The molecule has 0 amide bonds. The molecule has 0 aliphatic carbocycles. The Balaban J connectivity index is 1.95. The average Bonchev–Trinajstić information content (AvgIpc) is 2.74. The smallest absolute Gasteiger partial charge is 0.190 e. The predicted molar refractivity (Wildman–Crippen MR) is 62.0 cm³/mol. The standard InChI is InChI=1S/C9H8FN5S/c10-7-1-3-8(4-2-7)13-9(16)14-15-5-11-12-6-15/h1-6H,(H2,13,14,16). The van der Waals surface area contributed by atoms with Gasteiger partial charge in [-0.25, -0.2) is 9.07 Å². The fourth-order valence-electron chi connectivity index (χ4n) is 1.07. The van der Waals surface area contributed by atoms with Crippen LogP contribution in [0.4, 0.5) is 10.1 Å². The van der Waals surface area contributed by atoms with Gasteiger partial charge in [-0.3, -0.25) is 5.43 Å². The molecule has 0 bridgehead atoms. The average molecular weight is 237 g/mol. The molecule has 2 aromatic rings. The zero-order valence-electron chi connectivity index (χ0n) is 8.09. The maximum Gasteiger partial charge on any atom is 0.190 e. The molecule has 0 unspecified atom stereocenters. The Morgan fingerprint density at radius 3 is 2.44 bits per heavy atom. The quantitative estimate of drug-likeness (QED) is 0.772.